The van der Waals surface area contributed by atoms with Crippen molar-refractivity contribution in [2.24, 2.45) is 0 Å². The summed E-state index contributed by atoms with van der Waals surface area (Å²) in [6.07, 6.45) is 0.0354. The molecule has 0 spiro atoms. The highest BCUT2D eigenvalue weighted by atomic mass is 35.5. The SMILES string of the molecule is C[C@@H](Oc1cccc(C=O)c1)C(=O)Nc1ccc(Cl)cc1. The molecule has 2 rings (SSSR count). The normalized spacial score (nSPS) is 11.5. The third-order valence-electron chi connectivity index (χ3n) is 2.79. The minimum Gasteiger partial charge on any atom is -0.481 e. The number of amides is 1. The number of halogens is 1. The molecule has 0 radical (unpaired) electrons. The Balaban J connectivity index is 1.98. The van der Waals surface area contributed by atoms with Gasteiger partial charge in [0.05, 0.1) is 0 Å². The van der Waals surface area contributed by atoms with Crippen molar-refractivity contribution in [3.63, 3.8) is 0 Å². The van der Waals surface area contributed by atoms with Crippen LogP contribution in [0, 0.1) is 0 Å². The standard InChI is InChI=1S/C16H14ClNO3/c1-11(21-15-4-2-3-12(9-15)10-19)16(20)18-14-7-5-13(17)6-8-14/h2-11H,1H3,(H,18,20)/t11-/m1/s1. The van der Waals surface area contributed by atoms with E-state index in [1.54, 1.807) is 55.5 Å². The Morgan fingerprint density at radius 2 is 1.95 bits per heavy atom. The first kappa shape index (κ1) is 15.1. The van der Waals surface area contributed by atoms with Crippen LogP contribution < -0.4 is 10.1 Å². The van der Waals surface area contributed by atoms with Crippen LogP contribution in [0.3, 0.4) is 0 Å². The molecule has 0 aliphatic carbocycles. The van der Waals surface area contributed by atoms with E-state index in [-0.39, 0.29) is 5.91 Å². The topological polar surface area (TPSA) is 55.4 Å². The Morgan fingerprint density at radius 1 is 1.24 bits per heavy atom. The quantitative estimate of drug-likeness (QED) is 0.859. The van der Waals surface area contributed by atoms with E-state index >= 15 is 0 Å². The molecule has 0 heterocycles. The molecule has 2 aromatic carbocycles. The van der Waals surface area contributed by atoms with Gasteiger partial charge in [-0.05, 0) is 43.3 Å². The highest BCUT2D eigenvalue weighted by molar-refractivity contribution is 6.30. The van der Waals surface area contributed by atoms with Gasteiger partial charge in [0.2, 0.25) is 0 Å². The predicted octanol–water partition coefficient (Wildman–Crippen LogP) is 3.56. The number of benzene rings is 2. The maximum absolute atomic E-state index is 12.0. The van der Waals surface area contributed by atoms with Crippen molar-refractivity contribution in [1.29, 1.82) is 0 Å². The van der Waals surface area contributed by atoms with E-state index in [1.807, 2.05) is 0 Å². The Bertz CT molecular complexity index is 640. The molecule has 0 bridgehead atoms. The Hall–Kier alpha value is -2.33. The minimum absolute atomic E-state index is 0.283. The van der Waals surface area contributed by atoms with Crippen LogP contribution in [0.2, 0.25) is 5.02 Å². The summed E-state index contributed by atoms with van der Waals surface area (Å²) in [6.45, 7) is 1.64. The van der Waals surface area contributed by atoms with Crippen molar-refractivity contribution < 1.29 is 14.3 Å². The van der Waals surface area contributed by atoms with E-state index in [4.69, 9.17) is 16.3 Å². The number of ether oxygens (including phenoxy) is 1. The molecule has 1 amide bonds. The van der Waals surface area contributed by atoms with Gasteiger partial charge in [-0.2, -0.15) is 0 Å². The minimum atomic E-state index is -0.692. The molecular weight excluding hydrogens is 290 g/mol. The molecule has 1 N–H and O–H groups in total. The lowest BCUT2D eigenvalue weighted by Gasteiger charge is -2.15. The van der Waals surface area contributed by atoms with Gasteiger partial charge in [-0.1, -0.05) is 23.7 Å². The molecule has 0 aromatic heterocycles. The molecule has 1 atom stereocenters. The number of carbonyl (C=O) groups is 2. The lowest BCUT2D eigenvalue weighted by molar-refractivity contribution is -0.122. The fourth-order valence-electron chi connectivity index (χ4n) is 1.70. The van der Waals surface area contributed by atoms with Crippen molar-refractivity contribution >= 4 is 29.5 Å². The van der Waals surface area contributed by atoms with Crippen LogP contribution in [-0.2, 0) is 4.79 Å². The lowest BCUT2D eigenvalue weighted by Crippen LogP contribution is -2.30. The number of rotatable bonds is 5. The lowest BCUT2D eigenvalue weighted by atomic mass is 10.2. The van der Waals surface area contributed by atoms with Crippen molar-refractivity contribution in [2.75, 3.05) is 5.32 Å². The van der Waals surface area contributed by atoms with Gasteiger partial charge >= 0.3 is 0 Å². The second-order valence-electron chi connectivity index (χ2n) is 4.45. The van der Waals surface area contributed by atoms with Crippen LogP contribution in [0.1, 0.15) is 17.3 Å². The zero-order valence-corrected chi connectivity index (χ0v) is 12.1. The molecule has 0 saturated carbocycles. The summed E-state index contributed by atoms with van der Waals surface area (Å²) in [7, 11) is 0. The Labute approximate surface area is 127 Å². The second-order valence-corrected chi connectivity index (χ2v) is 4.88. The average molecular weight is 304 g/mol. The number of hydrogen-bond acceptors (Lipinski definition) is 3. The Morgan fingerprint density at radius 3 is 2.62 bits per heavy atom. The third kappa shape index (κ3) is 4.33. The maximum atomic E-state index is 12.0. The number of nitrogens with one attached hydrogen (secondary N) is 1. The van der Waals surface area contributed by atoms with E-state index in [0.717, 1.165) is 6.29 Å². The summed E-state index contributed by atoms with van der Waals surface area (Å²) >= 11 is 5.78. The van der Waals surface area contributed by atoms with Gasteiger partial charge in [-0.25, -0.2) is 0 Å². The fraction of sp³-hybridized carbons (Fsp3) is 0.125. The van der Waals surface area contributed by atoms with Crippen LogP contribution in [0.4, 0.5) is 5.69 Å². The van der Waals surface area contributed by atoms with Gasteiger partial charge in [0.1, 0.15) is 12.0 Å². The van der Waals surface area contributed by atoms with Crippen molar-refractivity contribution in [3.05, 3.63) is 59.1 Å². The summed E-state index contributed by atoms with van der Waals surface area (Å²) in [5, 5.41) is 3.33. The largest absolute Gasteiger partial charge is 0.481 e. The summed E-state index contributed by atoms with van der Waals surface area (Å²) in [5.41, 5.74) is 1.14. The molecule has 4 nitrogen and oxygen atoms in total. The van der Waals surface area contributed by atoms with Crippen LogP contribution in [0.5, 0.6) is 5.75 Å². The Kier molecular flexibility index (Phi) is 4.95. The van der Waals surface area contributed by atoms with Gasteiger partial charge in [-0.3, -0.25) is 9.59 Å². The summed E-state index contributed by atoms with van der Waals surface area (Å²) in [4.78, 5) is 22.7. The summed E-state index contributed by atoms with van der Waals surface area (Å²) in [5.74, 6) is 0.187. The van der Waals surface area contributed by atoms with Crippen LogP contribution in [-0.4, -0.2) is 18.3 Å². The molecule has 0 fully saturated rings. The van der Waals surface area contributed by atoms with Crippen LogP contribution >= 0.6 is 11.6 Å². The van der Waals surface area contributed by atoms with E-state index in [0.29, 0.717) is 22.0 Å². The molecule has 21 heavy (non-hydrogen) atoms. The smallest absolute Gasteiger partial charge is 0.265 e. The first-order valence-electron chi connectivity index (χ1n) is 6.37. The van der Waals surface area contributed by atoms with Crippen molar-refractivity contribution in [1.82, 2.24) is 0 Å². The molecule has 0 saturated heterocycles. The van der Waals surface area contributed by atoms with Crippen molar-refractivity contribution in [2.45, 2.75) is 13.0 Å². The highest BCUT2D eigenvalue weighted by Crippen LogP contribution is 2.16. The first-order valence-corrected chi connectivity index (χ1v) is 6.74. The zero-order valence-electron chi connectivity index (χ0n) is 11.4. The summed E-state index contributed by atoms with van der Waals surface area (Å²) < 4.78 is 5.52. The fourth-order valence-corrected chi connectivity index (χ4v) is 1.82. The number of aldehydes is 1. The second kappa shape index (κ2) is 6.90. The van der Waals surface area contributed by atoms with Crippen molar-refractivity contribution in [3.8, 4) is 5.75 Å². The molecular formula is C16H14ClNO3. The van der Waals surface area contributed by atoms with E-state index in [9.17, 15) is 9.59 Å². The van der Waals surface area contributed by atoms with Gasteiger partial charge in [0.15, 0.2) is 6.10 Å². The maximum Gasteiger partial charge on any atom is 0.265 e. The van der Waals surface area contributed by atoms with Gasteiger partial charge < -0.3 is 10.1 Å². The first-order chi connectivity index (χ1) is 10.1. The van der Waals surface area contributed by atoms with E-state index in [1.165, 1.54) is 0 Å². The molecule has 5 heteroatoms. The van der Waals surface area contributed by atoms with Gasteiger partial charge in [0, 0.05) is 16.3 Å². The average Bonchev–Trinajstić information content (AvgIpc) is 2.49. The zero-order chi connectivity index (χ0) is 15.2. The highest BCUT2D eigenvalue weighted by Gasteiger charge is 2.15. The molecule has 2 aromatic rings. The number of carbonyl (C=O) groups excluding carboxylic acids is 2. The van der Waals surface area contributed by atoms with Crippen LogP contribution in [0.25, 0.3) is 0 Å². The van der Waals surface area contributed by atoms with Crippen LogP contribution in [0.15, 0.2) is 48.5 Å². The van der Waals surface area contributed by atoms with Gasteiger partial charge in [-0.15, -0.1) is 0 Å². The number of hydrogen-bond donors (Lipinski definition) is 1. The predicted molar refractivity (Wildman–Crippen MR) is 82.0 cm³/mol. The summed E-state index contributed by atoms with van der Waals surface area (Å²) in [6, 6.07) is 13.4. The van der Waals surface area contributed by atoms with Gasteiger partial charge in [0.25, 0.3) is 5.91 Å². The molecule has 0 aliphatic heterocycles. The van der Waals surface area contributed by atoms with E-state index in [2.05, 4.69) is 5.32 Å². The monoisotopic (exact) mass is 303 g/mol. The molecule has 0 unspecified atom stereocenters. The number of anilines is 1. The molecule has 0 aliphatic rings. The molecule has 108 valence electrons. The third-order valence-corrected chi connectivity index (χ3v) is 3.04. The van der Waals surface area contributed by atoms with E-state index < -0.39 is 6.10 Å².